The Morgan fingerprint density at radius 2 is 1.52 bits per heavy atom. The minimum absolute atomic E-state index is 0.0672. The van der Waals surface area contributed by atoms with Gasteiger partial charge in [-0.3, -0.25) is 9.69 Å². The summed E-state index contributed by atoms with van der Waals surface area (Å²) in [6.45, 7) is 4.14. The first kappa shape index (κ1) is 17.8. The Morgan fingerprint density at radius 1 is 0.926 bits per heavy atom. The molecule has 2 heterocycles. The van der Waals surface area contributed by atoms with Gasteiger partial charge in [0.2, 0.25) is 0 Å². The van der Waals surface area contributed by atoms with Crippen LogP contribution in [0.1, 0.15) is 16.8 Å². The third-order valence-electron chi connectivity index (χ3n) is 4.62. The van der Waals surface area contributed by atoms with E-state index in [4.69, 9.17) is 12.2 Å². The van der Waals surface area contributed by atoms with Crippen molar-refractivity contribution in [2.45, 2.75) is 13.8 Å². The van der Waals surface area contributed by atoms with Gasteiger partial charge < -0.3 is 4.57 Å². The first-order valence-electron chi connectivity index (χ1n) is 8.63. The number of nitrogens with zero attached hydrogens (tertiary/aromatic N) is 2. The predicted molar refractivity (Wildman–Crippen MR) is 117 cm³/mol. The lowest BCUT2D eigenvalue weighted by atomic mass is 10.1. The molecule has 0 radical (unpaired) electrons. The highest BCUT2D eigenvalue weighted by atomic mass is 32.2. The second-order valence-electron chi connectivity index (χ2n) is 6.37. The smallest absolute Gasteiger partial charge is 0.270 e. The number of anilines is 1. The molecule has 1 saturated heterocycles. The number of aromatic nitrogens is 1. The number of thioether (sulfide) groups is 1. The van der Waals surface area contributed by atoms with E-state index in [-0.39, 0.29) is 5.91 Å². The van der Waals surface area contributed by atoms with E-state index in [0.717, 1.165) is 28.2 Å². The Hall–Kier alpha value is -2.63. The Morgan fingerprint density at radius 3 is 2.15 bits per heavy atom. The molecule has 0 saturated carbocycles. The van der Waals surface area contributed by atoms with Gasteiger partial charge in [0.25, 0.3) is 5.91 Å². The number of hydrogen-bond donors (Lipinski definition) is 0. The number of aryl methyl sites for hydroxylation is 1. The largest absolute Gasteiger partial charge is 0.320 e. The molecular weight excluding hydrogens is 372 g/mol. The third kappa shape index (κ3) is 3.24. The summed E-state index contributed by atoms with van der Waals surface area (Å²) in [5, 5.41) is 0. The fraction of sp³-hybridized carbons (Fsp3) is 0.0909. The van der Waals surface area contributed by atoms with Crippen LogP contribution in [0.2, 0.25) is 0 Å². The number of carbonyl (C=O) groups is 1. The number of carbonyl (C=O) groups excluding carboxylic acids is 1. The summed E-state index contributed by atoms with van der Waals surface area (Å²) in [5.74, 6) is -0.0672. The monoisotopic (exact) mass is 390 g/mol. The van der Waals surface area contributed by atoms with E-state index in [1.54, 1.807) is 4.90 Å². The Balaban J connectivity index is 1.72. The molecule has 0 bridgehead atoms. The van der Waals surface area contributed by atoms with E-state index in [1.165, 1.54) is 11.8 Å². The first-order valence-corrected chi connectivity index (χ1v) is 9.85. The zero-order valence-corrected chi connectivity index (χ0v) is 16.7. The molecule has 5 heteroatoms. The van der Waals surface area contributed by atoms with Gasteiger partial charge in [0.1, 0.15) is 0 Å². The zero-order valence-electron chi connectivity index (χ0n) is 15.0. The summed E-state index contributed by atoms with van der Waals surface area (Å²) in [7, 11) is 0. The fourth-order valence-electron chi connectivity index (χ4n) is 3.25. The summed E-state index contributed by atoms with van der Waals surface area (Å²) in [6, 6.07) is 19.7. The van der Waals surface area contributed by atoms with E-state index in [1.807, 2.05) is 54.6 Å². The van der Waals surface area contributed by atoms with Crippen molar-refractivity contribution in [2.75, 3.05) is 4.90 Å². The molecule has 134 valence electrons. The molecular formula is C22H18N2OS2. The van der Waals surface area contributed by atoms with Crippen LogP contribution in [-0.4, -0.2) is 14.8 Å². The molecule has 27 heavy (non-hydrogen) atoms. The van der Waals surface area contributed by atoms with Crippen molar-refractivity contribution >= 4 is 46.0 Å². The van der Waals surface area contributed by atoms with Gasteiger partial charge in [-0.25, -0.2) is 0 Å². The van der Waals surface area contributed by atoms with E-state index >= 15 is 0 Å². The SMILES string of the molecule is Cc1cn(-c2ccccc2)c(C)c1C=C1SC(=S)N(c2ccccc2)C1=O. The number of benzene rings is 2. The van der Waals surface area contributed by atoms with Crippen LogP contribution in [0.4, 0.5) is 5.69 Å². The molecule has 0 atom stereocenters. The molecule has 1 aliphatic rings. The molecule has 0 N–H and O–H groups in total. The number of rotatable bonds is 3. The van der Waals surface area contributed by atoms with Crippen LogP contribution in [0, 0.1) is 13.8 Å². The quantitative estimate of drug-likeness (QED) is 0.436. The van der Waals surface area contributed by atoms with Crippen molar-refractivity contribution in [3.8, 4) is 5.69 Å². The Kier molecular flexibility index (Phi) is 4.72. The first-order chi connectivity index (χ1) is 13.1. The summed E-state index contributed by atoms with van der Waals surface area (Å²) in [6.07, 6.45) is 4.07. The maximum atomic E-state index is 13.0. The summed E-state index contributed by atoms with van der Waals surface area (Å²) < 4.78 is 2.72. The van der Waals surface area contributed by atoms with Gasteiger partial charge in [-0.15, -0.1) is 0 Å². The van der Waals surface area contributed by atoms with Crippen molar-refractivity contribution in [1.82, 2.24) is 4.57 Å². The lowest BCUT2D eigenvalue weighted by Gasteiger charge is -2.13. The highest BCUT2D eigenvalue weighted by Crippen LogP contribution is 2.37. The molecule has 1 fully saturated rings. The van der Waals surface area contributed by atoms with E-state index < -0.39 is 0 Å². The van der Waals surface area contributed by atoms with E-state index in [2.05, 4.69) is 36.7 Å². The molecule has 0 spiro atoms. The highest BCUT2D eigenvalue weighted by Gasteiger charge is 2.33. The molecule has 3 nitrogen and oxygen atoms in total. The van der Waals surface area contributed by atoms with Gasteiger partial charge in [0.15, 0.2) is 4.32 Å². The van der Waals surface area contributed by atoms with Crippen molar-refractivity contribution in [1.29, 1.82) is 0 Å². The maximum Gasteiger partial charge on any atom is 0.270 e. The van der Waals surface area contributed by atoms with Crippen LogP contribution in [0.3, 0.4) is 0 Å². The molecule has 1 amide bonds. The topological polar surface area (TPSA) is 25.2 Å². The van der Waals surface area contributed by atoms with E-state index in [0.29, 0.717) is 9.23 Å². The molecule has 2 aromatic carbocycles. The lowest BCUT2D eigenvalue weighted by molar-refractivity contribution is -0.113. The molecule has 1 aromatic heterocycles. The van der Waals surface area contributed by atoms with Crippen molar-refractivity contribution < 1.29 is 4.79 Å². The van der Waals surface area contributed by atoms with E-state index in [9.17, 15) is 4.79 Å². The molecule has 3 aromatic rings. The van der Waals surface area contributed by atoms with Crippen LogP contribution in [-0.2, 0) is 4.79 Å². The van der Waals surface area contributed by atoms with Crippen molar-refractivity contribution in [2.24, 2.45) is 0 Å². The molecule has 0 unspecified atom stereocenters. The number of para-hydroxylation sites is 2. The van der Waals surface area contributed by atoms with Crippen LogP contribution in [0.5, 0.6) is 0 Å². The summed E-state index contributed by atoms with van der Waals surface area (Å²) in [5.41, 5.74) is 5.20. The number of amides is 1. The molecule has 1 aliphatic heterocycles. The van der Waals surface area contributed by atoms with Gasteiger partial charge >= 0.3 is 0 Å². The average molecular weight is 391 g/mol. The zero-order chi connectivity index (χ0) is 19.0. The van der Waals surface area contributed by atoms with Crippen LogP contribution >= 0.6 is 24.0 Å². The van der Waals surface area contributed by atoms with Gasteiger partial charge in [0, 0.05) is 17.6 Å². The van der Waals surface area contributed by atoms with Gasteiger partial charge in [-0.05, 0) is 55.3 Å². The second-order valence-corrected chi connectivity index (χ2v) is 8.05. The fourth-order valence-corrected chi connectivity index (χ4v) is 4.53. The van der Waals surface area contributed by atoms with Gasteiger partial charge in [-0.2, -0.15) is 0 Å². The minimum atomic E-state index is -0.0672. The third-order valence-corrected chi connectivity index (χ3v) is 5.92. The summed E-state index contributed by atoms with van der Waals surface area (Å²) in [4.78, 5) is 15.2. The van der Waals surface area contributed by atoms with Crippen LogP contribution in [0.15, 0.2) is 71.8 Å². The van der Waals surface area contributed by atoms with Crippen LogP contribution in [0.25, 0.3) is 11.8 Å². The Labute approximate surface area is 168 Å². The lowest BCUT2D eigenvalue weighted by Crippen LogP contribution is -2.27. The van der Waals surface area contributed by atoms with Gasteiger partial charge in [-0.1, -0.05) is 60.4 Å². The van der Waals surface area contributed by atoms with Crippen molar-refractivity contribution in [3.05, 3.63) is 88.6 Å². The maximum absolute atomic E-state index is 13.0. The number of thiocarbonyl (C=S) groups is 1. The Bertz CT molecular complexity index is 1050. The van der Waals surface area contributed by atoms with Crippen molar-refractivity contribution in [3.63, 3.8) is 0 Å². The minimum Gasteiger partial charge on any atom is -0.320 e. The number of hydrogen-bond acceptors (Lipinski definition) is 3. The molecule has 0 aliphatic carbocycles. The summed E-state index contributed by atoms with van der Waals surface area (Å²) >= 11 is 6.82. The molecule has 4 rings (SSSR count). The average Bonchev–Trinajstić information content (AvgIpc) is 3.13. The standard InChI is InChI=1S/C22H18N2OS2/c1-15-14-23(17-9-5-3-6-10-17)16(2)19(15)13-20-21(25)24(22(26)27-20)18-11-7-4-8-12-18/h3-14H,1-2H3. The second kappa shape index (κ2) is 7.18. The van der Waals surface area contributed by atoms with Crippen LogP contribution < -0.4 is 4.90 Å². The normalized spacial score (nSPS) is 15.8. The van der Waals surface area contributed by atoms with Gasteiger partial charge in [0.05, 0.1) is 10.6 Å². The highest BCUT2D eigenvalue weighted by molar-refractivity contribution is 8.27. The predicted octanol–water partition coefficient (Wildman–Crippen LogP) is 5.50.